The molecule has 2 fully saturated rings. The van der Waals surface area contributed by atoms with E-state index in [0.717, 1.165) is 57.7 Å². The van der Waals surface area contributed by atoms with Crippen molar-refractivity contribution >= 4 is 11.6 Å². The first-order chi connectivity index (χ1) is 17.9. The summed E-state index contributed by atoms with van der Waals surface area (Å²) in [5, 5.41) is 0. The molecule has 208 valence electrons. The summed E-state index contributed by atoms with van der Waals surface area (Å²) in [5.41, 5.74) is 4.20. The predicted molar refractivity (Wildman–Crippen MR) is 154 cm³/mol. The predicted octanol–water partition coefficient (Wildman–Crippen LogP) is 8.93. The first kappa shape index (κ1) is 30.1. The lowest BCUT2D eigenvalue weighted by Gasteiger charge is -2.36. The summed E-state index contributed by atoms with van der Waals surface area (Å²) < 4.78 is 5.57. The molecule has 1 heterocycles. The highest BCUT2D eigenvalue weighted by atomic mass is 16.5. The molecular weight excluding hydrogens is 456 g/mol. The van der Waals surface area contributed by atoms with Crippen LogP contribution in [0.3, 0.4) is 0 Å². The van der Waals surface area contributed by atoms with Crippen molar-refractivity contribution in [1.29, 1.82) is 0 Å². The van der Waals surface area contributed by atoms with Gasteiger partial charge in [-0.1, -0.05) is 63.3 Å². The van der Waals surface area contributed by atoms with Gasteiger partial charge in [0.2, 0.25) is 0 Å². The Labute approximate surface area is 227 Å². The van der Waals surface area contributed by atoms with Gasteiger partial charge in [0.1, 0.15) is 11.6 Å². The third-order valence-electron chi connectivity index (χ3n) is 9.38. The molecule has 1 saturated carbocycles. The summed E-state index contributed by atoms with van der Waals surface area (Å²) in [6.07, 6.45) is 15.8. The average molecular weight is 511 g/mol. The fourth-order valence-corrected chi connectivity index (χ4v) is 7.17. The van der Waals surface area contributed by atoms with Crippen LogP contribution in [0.2, 0.25) is 0 Å². The Bertz CT molecular complexity index is 837. The number of hydrogen-bond donors (Lipinski definition) is 0. The summed E-state index contributed by atoms with van der Waals surface area (Å²) in [7, 11) is 0. The van der Waals surface area contributed by atoms with E-state index in [2.05, 4.69) is 39.0 Å². The van der Waals surface area contributed by atoms with Crippen LogP contribution < -0.4 is 0 Å². The molecule has 0 spiro atoms. The van der Waals surface area contributed by atoms with Gasteiger partial charge in [-0.3, -0.25) is 9.59 Å². The van der Waals surface area contributed by atoms with Crippen molar-refractivity contribution in [3.05, 3.63) is 34.9 Å². The highest BCUT2D eigenvalue weighted by molar-refractivity contribution is 5.81. The molecule has 1 aliphatic heterocycles. The summed E-state index contributed by atoms with van der Waals surface area (Å²) in [6.45, 7) is 10.5. The van der Waals surface area contributed by atoms with Crippen LogP contribution in [-0.2, 0) is 14.3 Å². The molecule has 1 aliphatic carbocycles. The Morgan fingerprint density at radius 2 is 1.78 bits per heavy atom. The zero-order valence-corrected chi connectivity index (χ0v) is 24.4. The Morgan fingerprint density at radius 1 is 1.00 bits per heavy atom. The van der Waals surface area contributed by atoms with Crippen molar-refractivity contribution in [2.45, 2.75) is 130 Å². The van der Waals surface area contributed by atoms with Gasteiger partial charge in [-0.05, 0) is 100 Å². The van der Waals surface area contributed by atoms with Gasteiger partial charge >= 0.3 is 0 Å². The molecule has 1 aromatic carbocycles. The molecule has 3 nitrogen and oxygen atoms in total. The molecule has 0 amide bonds. The first-order valence-corrected chi connectivity index (χ1v) is 15.6. The molecule has 3 heteroatoms. The minimum absolute atomic E-state index is 0.238. The van der Waals surface area contributed by atoms with Gasteiger partial charge in [0.15, 0.2) is 0 Å². The second-order valence-corrected chi connectivity index (χ2v) is 12.3. The Morgan fingerprint density at radius 3 is 2.51 bits per heavy atom. The minimum Gasteiger partial charge on any atom is -0.381 e. The third kappa shape index (κ3) is 9.65. The lowest BCUT2D eigenvalue weighted by atomic mass is 9.68. The van der Waals surface area contributed by atoms with Crippen LogP contribution in [0.15, 0.2) is 18.2 Å². The van der Waals surface area contributed by atoms with Crippen LogP contribution in [0.25, 0.3) is 0 Å². The fraction of sp³-hybridized carbons (Fsp3) is 0.765. The normalized spacial score (nSPS) is 22.5. The summed E-state index contributed by atoms with van der Waals surface area (Å²) in [5.74, 6) is 3.53. The van der Waals surface area contributed by atoms with Crippen LogP contribution in [0, 0.1) is 37.5 Å². The quantitative estimate of drug-likeness (QED) is 0.221. The lowest BCUT2D eigenvalue weighted by molar-refractivity contribution is -0.125. The zero-order chi connectivity index (χ0) is 26.6. The fourth-order valence-electron chi connectivity index (χ4n) is 7.17. The molecule has 0 N–H and O–H groups in total. The van der Waals surface area contributed by atoms with Crippen molar-refractivity contribution in [2.75, 3.05) is 13.2 Å². The average Bonchev–Trinajstić information content (AvgIpc) is 2.91. The van der Waals surface area contributed by atoms with E-state index >= 15 is 0 Å². The Hall–Kier alpha value is -1.48. The number of Topliss-reactive ketones (excluding diaryl/α,β-unsaturated/α-hetero) is 2. The maximum atomic E-state index is 13.7. The molecule has 37 heavy (non-hydrogen) atoms. The number of aryl methyl sites for hydroxylation is 2. The molecule has 0 bridgehead atoms. The van der Waals surface area contributed by atoms with E-state index in [-0.39, 0.29) is 5.92 Å². The number of benzene rings is 1. The Kier molecular flexibility index (Phi) is 12.9. The van der Waals surface area contributed by atoms with Gasteiger partial charge in [0.25, 0.3) is 0 Å². The smallest absolute Gasteiger partial charge is 0.136 e. The van der Waals surface area contributed by atoms with E-state index in [0.29, 0.717) is 42.2 Å². The van der Waals surface area contributed by atoms with Gasteiger partial charge in [-0.15, -0.1) is 0 Å². The second kappa shape index (κ2) is 15.8. The van der Waals surface area contributed by atoms with Crippen molar-refractivity contribution in [1.82, 2.24) is 0 Å². The molecule has 1 aromatic rings. The monoisotopic (exact) mass is 510 g/mol. The van der Waals surface area contributed by atoms with Gasteiger partial charge < -0.3 is 4.74 Å². The molecule has 1 saturated heterocycles. The van der Waals surface area contributed by atoms with Crippen LogP contribution in [0.4, 0.5) is 0 Å². The van der Waals surface area contributed by atoms with Gasteiger partial charge in [0, 0.05) is 38.4 Å². The zero-order valence-electron chi connectivity index (χ0n) is 24.4. The molecule has 0 aromatic heterocycles. The number of ether oxygens (including phenoxy) is 1. The van der Waals surface area contributed by atoms with Crippen molar-refractivity contribution in [2.24, 2.45) is 23.7 Å². The molecular formula is C34H54O3. The van der Waals surface area contributed by atoms with Crippen LogP contribution in [0.1, 0.15) is 133 Å². The number of carbonyl (C=O) groups excluding carboxylic acids is 2. The first-order valence-electron chi connectivity index (χ1n) is 15.6. The molecule has 2 aliphatic rings. The molecule has 0 radical (unpaired) electrons. The number of carbonyl (C=O) groups is 2. The maximum Gasteiger partial charge on any atom is 0.136 e. The lowest BCUT2D eigenvalue weighted by Crippen LogP contribution is -2.29. The summed E-state index contributed by atoms with van der Waals surface area (Å²) in [6, 6.07) is 6.89. The molecule has 4 atom stereocenters. The van der Waals surface area contributed by atoms with Crippen LogP contribution >= 0.6 is 0 Å². The summed E-state index contributed by atoms with van der Waals surface area (Å²) >= 11 is 0. The van der Waals surface area contributed by atoms with Crippen molar-refractivity contribution < 1.29 is 14.3 Å². The van der Waals surface area contributed by atoms with Crippen LogP contribution in [0.5, 0.6) is 0 Å². The topological polar surface area (TPSA) is 43.4 Å². The van der Waals surface area contributed by atoms with Gasteiger partial charge in [-0.25, -0.2) is 0 Å². The molecule has 3 rings (SSSR count). The third-order valence-corrected chi connectivity index (χ3v) is 9.38. The number of ketones is 2. The minimum atomic E-state index is 0.238. The number of hydrogen-bond acceptors (Lipinski definition) is 3. The van der Waals surface area contributed by atoms with Crippen molar-refractivity contribution in [3.63, 3.8) is 0 Å². The SMILES string of the molecule is CCCC(CC(=O)C1CCCC(C(CCCCC(=O)CC)c2cc(C)ccc2C)C1)CC1CCOCC1. The number of rotatable bonds is 15. The van der Waals surface area contributed by atoms with E-state index in [1.165, 1.54) is 61.6 Å². The van der Waals surface area contributed by atoms with Gasteiger partial charge in [0.05, 0.1) is 0 Å². The van der Waals surface area contributed by atoms with E-state index < -0.39 is 0 Å². The highest BCUT2D eigenvalue weighted by Gasteiger charge is 2.34. The Balaban J connectivity index is 1.66. The number of unbranched alkanes of at least 4 members (excludes halogenated alkanes) is 1. The molecule has 4 unspecified atom stereocenters. The van der Waals surface area contributed by atoms with Gasteiger partial charge in [-0.2, -0.15) is 0 Å². The van der Waals surface area contributed by atoms with E-state index in [1.54, 1.807) is 0 Å². The van der Waals surface area contributed by atoms with Crippen molar-refractivity contribution in [3.8, 4) is 0 Å². The van der Waals surface area contributed by atoms with E-state index in [1.807, 2.05) is 6.92 Å². The highest BCUT2D eigenvalue weighted by Crippen LogP contribution is 2.43. The second-order valence-electron chi connectivity index (χ2n) is 12.3. The van der Waals surface area contributed by atoms with E-state index in [4.69, 9.17) is 4.74 Å². The standard InChI is InChI=1S/C34H54O3/c1-5-10-28(22-27-17-19-37-20-18-27)23-34(36)30-12-9-11-29(24-30)32(14-8-7-13-31(35)6-2)33-21-25(3)15-16-26(33)4/h15-16,21,27-30,32H,5-14,17-20,22-24H2,1-4H3. The summed E-state index contributed by atoms with van der Waals surface area (Å²) in [4.78, 5) is 25.5. The van der Waals surface area contributed by atoms with E-state index in [9.17, 15) is 9.59 Å². The maximum absolute atomic E-state index is 13.7. The largest absolute Gasteiger partial charge is 0.381 e. The van der Waals surface area contributed by atoms with Crippen LogP contribution in [-0.4, -0.2) is 24.8 Å².